The van der Waals surface area contributed by atoms with E-state index in [1.165, 1.54) is 6.39 Å². The van der Waals surface area contributed by atoms with Gasteiger partial charge in [0.1, 0.15) is 11.5 Å². The van der Waals surface area contributed by atoms with Gasteiger partial charge in [0.25, 0.3) is 0 Å². The summed E-state index contributed by atoms with van der Waals surface area (Å²) in [6.45, 7) is 2.10. The summed E-state index contributed by atoms with van der Waals surface area (Å²) < 4.78 is 5.26. The molecule has 0 aliphatic heterocycles. The molecule has 1 N–H and O–H groups in total. The molecule has 1 aromatic heterocycles. The predicted octanol–water partition coefficient (Wildman–Crippen LogP) is 2.40. The van der Waals surface area contributed by atoms with Gasteiger partial charge < -0.3 is 9.52 Å². The first-order chi connectivity index (χ1) is 7.35. The zero-order valence-electron chi connectivity index (χ0n) is 8.60. The molecule has 15 heavy (non-hydrogen) atoms. The van der Waals surface area contributed by atoms with Crippen LogP contribution in [0.3, 0.4) is 0 Å². The maximum Gasteiger partial charge on any atom is 0.181 e. The highest BCUT2D eigenvalue weighted by molar-refractivity contribution is 5.61. The second kappa shape index (κ2) is 4.28. The maximum absolute atomic E-state index is 8.93. The number of hydrogen-bond donors (Lipinski definition) is 1. The number of aryl methyl sites for hydroxylation is 1. The Balaban J connectivity index is 2.37. The maximum atomic E-state index is 8.93. The molecule has 1 aromatic carbocycles. The minimum Gasteiger partial charge on any atom is -0.448 e. The Morgan fingerprint density at radius 3 is 2.60 bits per heavy atom. The van der Waals surface area contributed by atoms with Crippen molar-refractivity contribution in [3.05, 3.63) is 42.0 Å². The summed E-state index contributed by atoms with van der Waals surface area (Å²) in [5.41, 5.74) is 2.82. The van der Waals surface area contributed by atoms with E-state index < -0.39 is 0 Å². The third kappa shape index (κ3) is 1.92. The Morgan fingerprint density at radius 2 is 2.00 bits per heavy atom. The molecule has 3 heteroatoms. The lowest BCUT2D eigenvalue weighted by atomic mass is 10.1. The van der Waals surface area contributed by atoms with Crippen molar-refractivity contribution in [3.63, 3.8) is 0 Å². The topological polar surface area (TPSA) is 46.3 Å². The van der Waals surface area contributed by atoms with E-state index in [4.69, 9.17) is 9.52 Å². The van der Waals surface area contributed by atoms with Gasteiger partial charge in [0.05, 0.1) is 6.61 Å². The lowest BCUT2D eigenvalue weighted by Crippen LogP contribution is -1.86. The lowest BCUT2D eigenvalue weighted by molar-refractivity contribution is 0.282. The van der Waals surface area contributed by atoms with Crippen LogP contribution in [0, 0.1) is 0 Å². The molecule has 0 radical (unpaired) electrons. The van der Waals surface area contributed by atoms with Crippen LogP contribution in [0.2, 0.25) is 0 Å². The Bertz CT molecular complexity index is 431. The van der Waals surface area contributed by atoms with Crippen molar-refractivity contribution in [3.8, 4) is 11.3 Å². The molecular weight excluding hydrogens is 190 g/mol. The molecule has 0 saturated carbocycles. The van der Waals surface area contributed by atoms with Gasteiger partial charge in [0, 0.05) is 12.0 Å². The minimum absolute atomic E-state index is 0.0692. The molecule has 0 atom stereocenters. The van der Waals surface area contributed by atoms with E-state index in [1.54, 1.807) is 0 Å². The molecule has 0 aliphatic carbocycles. The zero-order chi connectivity index (χ0) is 10.7. The molecule has 0 amide bonds. The van der Waals surface area contributed by atoms with Gasteiger partial charge in [0.2, 0.25) is 0 Å². The van der Waals surface area contributed by atoms with Crippen LogP contribution in [0.25, 0.3) is 11.3 Å². The van der Waals surface area contributed by atoms with Gasteiger partial charge >= 0.3 is 0 Å². The molecule has 0 bridgehead atoms. The van der Waals surface area contributed by atoms with Gasteiger partial charge in [-0.2, -0.15) is 0 Å². The van der Waals surface area contributed by atoms with Gasteiger partial charge in [-0.05, 0) is 5.56 Å². The van der Waals surface area contributed by atoms with Crippen molar-refractivity contribution in [1.82, 2.24) is 4.98 Å². The first-order valence-electron chi connectivity index (χ1n) is 4.97. The smallest absolute Gasteiger partial charge is 0.181 e. The van der Waals surface area contributed by atoms with Crippen molar-refractivity contribution < 1.29 is 9.52 Å². The number of hydrogen-bond acceptors (Lipinski definition) is 3. The van der Waals surface area contributed by atoms with Crippen LogP contribution in [0.4, 0.5) is 0 Å². The summed E-state index contributed by atoms with van der Waals surface area (Å²) >= 11 is 0. The monoisotopic (exact) mass is 203 g/mol. The van der Waals surface area contributed by atoms with Crippen molar-refractivity contribution >= 4 is 0 Å². The molecular formula is C12H13NO2. The summed E-state index contributed by atoms with van der Waals surface area (Å²) in [6.07, 6.45) is 2.30. The van der Waals surface area contributed by atoms with Crippen LogP contribution >= 0.6 is 0 Å². The van der Waals surface area contributed by atoms with Gasteiger partial charge in [-0.1, -0.05) is 31.2 Å². The van der Waals surface area contributed by atoms with E-state index in [-0.39, 0.29) is 6.61 Å². The Morgan fingerprint density at radius 1 is 1.27 bits per heavy atom. The zero-order valence-corrected chi connectivity index (χ0v) is 8.60. The first kappa shape index (κ1) is 9.93. The fourth-order valence-electron chi connectivity index (χ4n) is 1.52. The van der Waals surface area contributed by atoms with Crippen molar-refractivity contribution in [2.75, 3.05) is 0 Å². The molecule has 2 aromatic rings. The number of rotatable bonds is 3. The normalized spacial score (nSPS) is 10.5. The first-order valence-corrected chi connectivity index (χ1v) is 4.97. The lowest BCUT2D eigenvalue weighted by Gasteiger charge is -2.00. The van der Waals surface area contributed by atoms with Crippen LogP contribution in [0.15, 0.2) is 35.1 Å². The molecule has 0 saturated heterocycles. The SMILES string of the molecule is CCc1ocnc1-c1ccc(CO)cc1. The highest BCUT2D eigenvalue weighted by atomic mass is 16.3. The van der Waals surface area contributed by atoms with Crippen molar-refractivity contribution in [2.24, 2.45) is 0 Å². The number of oxazole rings is 1. The molecule has 0 unspecified atom stereocenters. The third-order valence-corrected chi connectivity index (χ3v) is 2.37. The molecule has 78 valence electrons. The van der Waals surface area contributed by atoms with Gasteiger partial charge in [0.15, 0.2) is 6.39 Å². The highest BCUT2D eigenvalue weighted by Gasteiger charge is 2.07. The summed E-state index contributed by atoms with van der Waals surface area (Å²) in [4.78, 5) is 4.18. The fourth-order valence-corrected chi connectivity index (χ4v) is 1.52. The third-order valence-electron chi connectivity index (χ3n) is 2.37. The predicted molar refractivity (Wildman–Crippen MR) is 57.2 cm³/mol. The van der Waals surface area contributed by atoms with Gasteiger partial charge in [-0.25, -0.2) is 4.98 Å². The molecule has 3 nitrogen and oxygen atoms in total. The summed E-state index contributed by atoms with van der Waals surface area (Å²) in [5, 5.41) is 8.93. The second-order valence-corrected chi connectivity index (χ2v) is 3.33. The Kier molecular flexibility index (Phi) is 2.83. The van der Waals surface area contributed by atoms with E-state index in [2.05, 4.69) is 4.98 Å². The number of nitrogens with zero attached hydrogens (tertiary/aromatic N) is 1. The number of aromatic nitrogens is 1. The summed E-state index contributed by atoms with van der Waals surface area (Å²) in [5.74, 6) is 0.895. The minimum atomic E-state index is 0.0692. The average molecular weight is 203 g/mol. The summed E-state index contributed by atoms with van der Waals surface area (Å²) in [7, 11) is 0. The highest BCUT2D eigenvalue weighted by Crippen LogP contribution is 2.22. The molecule has 2 rings (SSSR count). The van der Waals surface area contributed by atoms with E-state index in [9.17, 15) is 0 Å². The molecule has 0 spiro atoms. The van der Waals surface area contributed by atoms with Crippen LogP contribution < -0.4 is 0 Å². The van der Waals surface area contributed by atoms with E-state index >= 15 is 0 Å². The summed E-state index contributed by atoms with van der Waals surface area (Å²) in [6, 6.07) is 7.68. The van der Waals surface area contributed by atoms with Crippen molar-refractivity contribution in [1.29, 1.82) is 0 Å². The Labute approximate surface area is 88.4 Å². The van der Waals surface area contributed by atoms with E-state index in [1.807, 2.05) is 31.2 Å². The average Bonchev–Trinajstić information content (AvgIpc) is 2.77. The Hall–Kier alpha value is -1.61. The van der Waals surface area contributed by atoms with Crippen LogP contribution in [0.5, 0.6) is 0 Å². The van der Waals surface area contributed by atoms with Crippen LogP contribution in [-0.4, -0.2) is 10.1 Å². The molecule has 1 heterocycles. The number of aliphatic hydroxyl groups is 1. The number of benzene rings is 1. The quantitative estimate of drug-likeness (QED) is 0.833. The van der Waals surface area contributed by atoms with E-state index in [0.717, 1.165) is 29.0 Å². The van der Waals surface area contributed by atoms with E-state index in [0.29, 0.717) is 0 Å². The fraction of sp³-hybridized carbons (Fsp3) is 0.250. The standard InChI is InChI=1S/C12H13NO2/c1-2-11-12(13-8-15-11)10-5-3-9(7-14)4-6-10/h3-6,8,14H,2,7H2,1H3. The van der Waals surface area contributed by atoms with Gasteiger partial charge in [-0.15, -0.1) is 0 Å². The number of aliphatic hydroxyl groups excluding tert-OH is 1. The van der Waals surface area contributed by atoms with Crippen LogP contribution in [0.1, 0.15) is 18.2 Å². The molecule has 0 fully saturated rings. The van der Waals surface area contributed by atoms with Gasteiger partial charge in [-0.3, -0.25) is 0 Å². The largest absolute Gasteiger partial charge is 0.448 e. The second-order valence-electron chi connectivity index (χ2n) is 3.33. The van der Waals surface area contributed by atoms with Crippen LogP contribution in [-0.2, 0) is 13.0 Å². The van der Waals surface area contributed by atoms with Crippen molar-refractivity contribution in [2.45, 2.75) is 20.0 Å². The molecule has 0 aliphatic rings.